The van der Waals surface area contributed by atoms with Crippen LogP contribution in [0.3, 0.4) is 0 Å². The molecule has 0 unspecified atom stereocenters. The van der Waals surface area contributed by atoms with Gasteiger partial charge in [-0.2, -0.15) is 13.2 Å². The Balaban J connectivity index is 1.97. The Morgan fingerprint density at radius 2 is 1.76 bits per heavy atom. The Morgan fingerprint density at radius 1 is 1.07 bits per heavy atom. The molecule has 0 saturated heterocycles. The number of rotatable bonds is 9. The highest BCUT2D eigenvalue weighted by molar-refractivity contribution is 5.98. The molecule has 2 aromatic rings. The molecule has 0 saturated carbocycles. The zero-order valence-corrected chi connectivity index (χ0v) is 15.4. The molecular formula is C20H18F3NO5. The van der Waals surface area contributed by atoms with E-state index < -0.39 is 17.7 Å². The third-order valence-corrected chi connectivity index (χ3v) is 3.86. The molecular weight excluding hydrogens is 391 g/mol. The fourth-order valence-electron chi connectivity index (χ4n) is 2.34. The molecule has 0 heterocycles. The lowest BCUT2D eigenvalue weighted by Crippen LogP contribution is -2.05. The van der Waals surface area contributed by atoms with Crippen LogP contribution in [-0.4, -0.2) is 30.4 Å². The van der Waals surface area contributed by atoms with Crippen LogP contribution in [0.1, 0.15) is 34.3 Å². The molecule has 0 spiro atoms. The van der Waals surface area contributed by atoms with Crippen molar-refractivity contribution in [2.75, 3.05) is 7.11 Å². The van der Waals surface area contributed by atoms with E-state index in [1.807, 2.05) is 0 Å². The van der Waals surface area contributed by atoms with E-state index in [0.717, 1.165) is 18.5 Å². The molecule has 0 aliphatic heterocycles. The maximum absolute atomic E-state index is 12.5. The number of ketones is 1. The van der Waals surface area contributed by atoms with E-state index in [4.69, 9.17) is 14.6 Å². The molecule has 29 heavy (non-hydrogen) atoms. The number of halogens is 3. The number of ether oxygens (including phenoxy) is 2. The number of alkyl halides is 3. The minimum Gasteiger partial charge on any atom is -0.493 e. The first-order valence-corrected chi connectivity index (χ1v) is 8.45. The lowest BCUT2D eigenvalue weighted by Gasteiger charge is -2.09. The molecule has 0 radical (unpaired) electrons. The zero-order valence-electron chi connectivity index (χ0n) is 15.4. The Kier molecular flexibility index (Phi) is 7.35. The molecule has 0 aromatic heterocycles. The third-order valence-electron chi connectivity index (χ3n) is 3.86. The minimum absolute atomic E-state index is 0.117. The van der Waals surface area contributed by atoms with E-state index in [0.29, 0.717) is 5.56 Å². The summed E-state index contributed by atoms with van der Waals surface area (Å²) in [5, 5.41) is 8.64. The Morgan fingerprint density at radius 3 is 2.34 bits per heavy atom. The molecule has 6 nitrogen and oxygen atoms in total. The van der Waals surface area contributed by atoms with E-state index in [1.165, 1.54) is 37.4 Å². The van der Waals surface area contributed by atoms with Crippen molar-refractivity contribution in [1.29, 1.82) is 0 Å². The molecule has 2 aromatic carbocycles. The van der Waals surface area contributed by atoms with E-state index in [9.17, 15) is 22.8 Å². The van der Waals surface area contributed by atoms with Gasteiger partial charge in [0.2, 0.25) is 0 Å². The van der Waals surface area contributed by atoms with Crippen LogP contribution in [0.2, 0.25) is 0 Å². The maximum atomic E-state index is 12.5. The van der Waals surface area contributed by atoms with Crippen molar-refractivity contribution in [3.05, 3.63) is 59.2 Å². The summed E-state index contributed by atoms with van der Waals surface area (Å²) >= 11 is 0. The van der Waals surface area contributed by atoms with Crippen LogP contribution in [-0.2, 0) is 17.5 Å². The van der Waals surface area contributed by atoms with Crippen LogP contribution in [0.5, 0.6) is 11.5 Å². The molecule has 9 heteroatoms. The number of carbonyl (C=O) groups is 2. The van der Waals surface area contributed by atoms with Gasteiger partial charge in [-0.05, 0) is 35.9 Å². The summed E-state index contributed by atoms with van der Waals surface area (Å²) in [5.74, 6) is -0.867. The standard InChI is InChI=1S/C20H18F3NO5/c1-28-18-10-14(16(25)7-9-19(26)27)4-8-17(18)29-12-24-11-13-2-5-15(6-3-13)20(21,22)23/h2-6,8,10,12H,7,9,11H2,1H3,(H,26,27)/b24-12-. The van der Waals surface area contributed by atoms with Crippen molar-refractivity contribution in [1.82, 2.24) is 0 Å². The first-order chi connectivity index (χ1) is 13.7. The topological polar surface area (TPSA) is 85.2 Å². The van der Waals surface area contributed by atoms with E-state index in [1.54, 1.807) is 0 Å². The van der Waals surface area contributed by atoms with Gasteiger partial charge in [-0.3, -0.25) is 14.6 Å². The van der Waals surface area contributed by atoms with E-state index >= 15 is 0 Å². The number of benzene rings is 2. The average Bonchev–Trinajstić information content (AvgIpc) is 2.69. The molecule has 0 fully saturated rings. The van der Waals surface area contributed by atoms with Crippen molar-refractivity contribution in [3.63, 3.8) is 0 Å². The predicted molar refractivity (Wildman–Crippen MR) is 98.5 cm³/mol. The van der Waals surface area contributed by atoms with Gasteiger partial charge in [-0.1, -0.05) is 12.1 Å². The number of hydrogen-bond donors (Lipinski definition) is 1. The largest absolute Gasteiger partial charge is 0.493 e. The molecule has 154 valence electrons. The number of carboxylic acids is 1. The number of methoxy groups -OCH3 is 1. The average molecular weight is 409 g/mol. The first kappa shape index (κ1) is 21.9. The minimum atomic E-state index is -4.39. The Bertz CT molecular complexity index is 892. The second-order valence-electron chi connectivity index (χ2n) is 5.94. The van der Waals surface area contributed by atoms with Crippen molar-refractivity contribution in [3.8, 4) is 11.5 Å². The maximum Gasteiger partial charge on any atom is 0.416 e. The van der Waals surface area contributed by atoms with Gasteiger partial charge < -0.3 is 14.6 Å². The van der Waals surface area contributed by atoms with Crippen LogP contribution in [0, 0.1) is 0 Å². The SMILES string of the molecule is COc1cc(C(=O)CCC(=O)O)ccc1O/C=N\Cc1ccc(C(F)(F)F)cc1. The molecule has 0 atom stereocenters. The Hall–Kier alpha value is -3.36. The monoisotopic (exact) mass is 409 g/mol. The molecule has 0 amide bonds. The van der Waals surface area contributed by atoms with Crippen LogP contribution < -0.4 is 9.47 Å². The van der Waals surface area contributed by atoms with E-state index in [-0.39, 0.29) is 42.2 Å². The number of carboxylic acid groups (broad SMARTS) is 1. The van der Waals surface area contributed by atoms with Crippen molar-refractivity contribution < 1.29 is 37.3 Å². The van der Waals surface area contributed by atoms with Crippen LogP contribution in [0.4, 0.5) is 13.2 Å². The summed E-state index contributed by atoms with van der Waals surface area (Å²) < 4.78 is 48.1. The second kappa shape index (κ2) is 9.72. The summed E-state index contributed by atoms with van der Waals surface area (Å²) in [5.41, 5.74) is 0.130. The van der Waals surface area contributed by atoms with Crippen LogP contribution in [0.25, 0.3) is 0 Å². The highest BCUT2D eigenvalue weighted by atomic mass is 19.4. The van der Waals surface area contributed by atoms with Gasteiger partial charge >= 0.3 is 12.1 Å². The lowest BCUT2D eigenvalue weighted by molar-refractivity contribution is -0.138. The number of aliphatic carboxylic acids is 1. The van der Waals surface area contributed by atoms with E-state index in [2.05, 4.69) is 4.99 Å². The summed E-state index contributed by atoms with van der Waals surface area (Å²) in [4.78, 5) is 26.5. The Labute approximate surface area is 164 Å². The number of hydrogen-bond acceptors (Lipinski definition) is 5. The molecule has 0 aliphatic carbocycles. The van der Waals surface area contributed by atoms with Gasteiger partial charge in [-0.25, -0.2) is 0 Å². The zero-order chi connectivity index (χ0) is 21.4. The van der Waals surface area contributed by atoms with Gasteiger partial charge in [-0.15, -0.1) is 0 Å². The van der Waals surface area contributed by atoms with Crippen molar-refractivity contribution >= 4 is 18.2 Å². The second-order valence-corrected chi connectivity index (χ2v) is 5.94. The fraction of sp³-hybridized carbons (Fsp3) is 0.250. The number of carbonyl (C=O) groups excluding carboxylic acids is 1. The summed E-state index contributed by atoms with van der Waals surface area (Å²) in [7, 11) is 1.38. The molecule has 2 rings (SSSR count). The third kappa shape index (κ3) is 6.63. The lowest BCUT2D eigenvalue weighted by atomic mass is 10.1. The smallest absolute Gasteiger partial charge is 0.416 e. The summed E-state index contributed by atoms with van der Waals surface area (Å²) in [6, 6.07) is 9.02. The van der Waals surface area contributed by atoms with Crippen molar-refractivity contribution in [2.45, 2.75) is 25.6 Å². The van der Waals surface area contributed by atoms with Crippen LogP contribution >= 0.6 is 0 Å². The van der Waals surface area contributed by atoms with Crippen molar-refractivity contribution in [2.24, 2.45) is 4.99 Å². The van der Waals surface area contributed by atoms with Gasteiger partial charge in [0.25, 0.3) is 0 Å². The van der Waals surface area contributed by atoms with Gasteiger partial charge in [0.1, 0.15) is 0 Å². The van der Waals surface area contributed by atoms with Gasteiger partial charge in [0, 0.05) is 12.0 Å². The fourth-order valence-corrected chi connectivity index (χ4v) is 2.34. The number of nitrogens with zero attached hydrogens (tertiary/aromatic N) is 1. The molecule has 1 N–H and O–H groups in total. The number of Topliss-reactive ketones (excluding diaryl/α,β-unsaturated/α-hetero) is 1. The van der Waals surface area contributed by atoms with Crippen LogP contribution in [0.15, 0.2) is 47.5 Å². The number of aliphatic imine (C=N–C) groups is 1. The summed E-state index contributed by atoms with van der Waals surface area (Å²) in [6.07, 6.45) is -3.66. The quantitative estimate of drug-likeness (QED) is 0.378. The highest BCUT2D eigenvalue weighted by Gasteiger charge is 2.29. The van der Waals surface area contributed by atoms with Gasteiger partial charge in [0.15, 0.2) is 23.7 Å². The molecule has 0 aliphatic rings. The predicted octanol–water partition coefficient (Wildman–Crippen LogP) is 4.37. The highest BCUT2D eigenvalue weighted by Crippen LogP contribution is 2.30. The van der Waals surface area contributed by atoms with Gasteiger partial charge in [0.05, 0.1) is 25.6 Å². The molecule has 0 bridgehead atoms. The summed E-state index contributed by atoms with van der Waals surface area (Å²) in [6.45, 7) is 0.117. The first-order valence-electron chi connectivity index (χ1n) is 8.45. The normalized spacial score (nSPS) is 11.4.